The van der Waals surface area contributed by atoms with Gasteiger partial charge in [0.1, 0.15) is 19.3 Å². The molecule has 0 heterocycles. The van der Waals surface area contributed by atoms with Gasteiger partial charge in [-0.25, -0.2) is 9.13 Å². The number of aliphatic hydroxyl groups is 1. The van der Waals surface area contributed by atoms with Crippen LogP contribution in [0, 0.1) is 0 Å². The molecule has 0 radical (unpaired) electrons. The Kier molecular flexibility index (Phi) is 58.6. The highest BCUT2D eigenvalue weighted by Gasteiger charge is 2.30. The van der Waals surface area contributed by atoms with Crippen LogP contribution in [0.3, 0.4) is 0 Å². The molecule has 0 aliphatic carbocycles. The molecule has 19 heteroatoms. The molecule has 5 atom stereocenters. The van der Waals surface area contributed by atoms with Gasteiger partial charge in [-0.15, -0.1) is 0 Å². The normalized spacial score (nSPS) is 14.1. The largest absolute Gasteiger partial charge is 0.472 e. The molecule has 0 saturated heterocycles. The first kappa shape index (κ1) is 82.1. The zero-order chi connectivity index (χ0) is 61.9. The Hall–Kier alpha value is -1.94. The van der Waals surface area contributed by atoms with Crippen molar-refractivity contribution in [3.63, 3.8) is 0 Å². The van der Waals surface area contributed by atoms with Crippen molar-refractivity contribution in [2.45, 2.75) is 354 Å². The fraction of sp³-hybridized carbons (Fsp3) is 0.938. The van der Waals surface area contributed by atoms with Gasteiger partial charge in [-0.2, -0.15) is 0 Å². The van der Waals surface area contributed by atoms with Crippen LogP contribution < -0.4 is 0 Å². The van der Waals surface area contributed by atoms with E-state index in [0.717, 1.165) is 96.3 Å². The maximum atomic E-state index is 13.0. The number of hydrogen-bond donors (Lipinski definition) is 3. The van der Waals surface area contributed by atoms with Crippen molar-refractivity contribution >= 4 is 39.5 Å². The molecule has 0 rings (SSSR count). The van der Waals surface area contributed by atoms with E-state index in [9.17, 15) is 43.2 Å². The Morgan fingerprint density at radius 2 is 0.476 bits per heavy atom. The summed E-state index contributed by atoms with van der Waals surface area (Å²) in [4.78, 5) is 72.0. The molecule has 84 heavy (non-hydrogen) atoms. The molecule has 0 fully saturated rings. The summed E-state index contributed by atoms with van der Waals surface area (Å²) in [5.74, 6) is -2.14. The van der Waals surface area contributed by atoms with Crippen molar-refractivity contribution in [1.82, 2.24) is 0 Å². The number of phosphoric ester groups is 2. The van der Waals surface area contributed by atoms with Crippen molar-refractivity contribution in [1.29, 1.82) is 0 Å². The first-order valence-electron chi connectivity index (χ1n) is 34.3. The van der Waals surface area contributed by atoms with E-state index < -0.39 is 97.5 Å². The Balaban J connectivity index is 5.16. The van der Waals surface area contributed by atoms with Gasteiger partial charge >= 0.3 is 39.5 Å². The van der Waals surface area contributed by atoms with Crippen LogP contribution in [0.15, 0.2) is 0 Å². The number of aliphatic hydroxyl groups excluding tert-OH is 1. The lowest BCUT2D eigenvalue weighted by atomic mass is 10.0. The molecule has 0 aromatic carbocycles. The molecule has 3 N–H and O–H groups in total. The fourth-order valence-electron chi connectivity index (χ4n) is 9.81. The Morgan fingerprint density at radius 1 is 0.286 bits per heavy atom. The summed E-state index contributed by atoms with van der Waals surface area (Å²) in [6, 6.07) is 0. The predicted octanol–water partition coefficient (Wildman–Crippen LogP) is 18.3. The predicted molar refractivity (Wildman–Crippen MR) is 335 cm³/mol. The van der Waals surface area contributed by atoms with Crippen molar-refractivity contribution < 1.29 is 80.2 Å². The van der Waals surface area contributed by atoms with Gasteiger partial charge in [-0.3, -0.25) is 37.3 Å². The smallest absolute Gasteiger partial charge is 0.462 e. The van der Waals surface area contributed by atoms with Crippen LogP contribution in [0.4, 0.5) is 0 Å². The zero-order valence-electron chi connectivity index (χ0n) is 53.9. The van der Waals surface area contributed by atoms with Gasteiger partial charge in [-0.05, 0) is 25.7 Å². The third-order valence-electron chi connectivity index (χ3n) is 15.1. The third-order valence-corrected chi connectivity index (χ3v) is 17.0. The quantitative estimate of drug-likeness (QED) is 0.0222. The molecule has 0 aliphatic heterocycles. The summed E-state index contributed by atoms with van der Waals surface area (Å²) in [5, 5.41) is 10.5. The summed E-state index contributed by atoms with van der Waals surface area (Å²) in [7, 11) is -9.88. The van der Waals surface area contributed by atoms with E-state index in [1.807, 2.05) is 0 Å². The van der Waals surface area contributed by atoms with E-state index in [0.29, 0.717) is 25.7 Å². The minimum Gasteiger partial charge on any atom is -0.462 e. The molecule has 0 bridgehead atoms. The second-order valence-electron chi connectivity index (χ2n) is 23.5. The van der Waals surface area contributed by atoms with E-state index in [1.165, 1.54) is 161 Å². The minimum atomic E-state index is -4.94. The highest BCUT2D eigenvalue weighted by atomic mass is 31.2. The van der Waals surface area contributed by atoms with Gasteiger partial charge < -0.3 is 33.8 Å². The summed E-state index contributed by atoms with van der Waals surface area (Å²) < 4.78 is 67.9. The lowest BCUT2D eigenvalue weighted by molar-refractivity contribution is -0.161. The Labute approximate surface area is 511 Å². The molecule has 0 aliphatic rings. The van der Waals surface area contributed by atoms with Gasteiger partial charge in [-0.1, -0.05) is 285 Å². The number of ether oxygens (including phenoxy) is 4. The average molecular weight is 1240 g/mol. The van der Waals surface area contributed by atoms with Gasteiger partial charge in [0.15, 0.2) is 12.2 Å². The molecular formula is C65H126O17P2. The van der Waals surface area contributed by atoms with Crippen molar-refractivity contribution in [2.75, 3.05) is 39.6 Å². The van der Waals surface area contributed by atoms with Crippen LogP contribution in [-0.4, -0.2) is 96.7 Å². The highest BCUT2D eigenvalue weighted by Crippen LogP contribution is 2.45. The number of unbranched alkanes of at least 4 members (excludes halogenated alkanes) is 40. The molecule has 0 amide bonds. The Morgan fingerprint density at radius 3 is 0.702 bits per heavy atom. The number of esters is 4. The molecule has 0 aromatic rings. The average Bonchev–Trinajstić information content (AvgIpc) is 3.50. The van der Waals surface area contributed by atoms with E-state index in [1.54, 1.807) is 0 Å². The van der Waals surface area contributed by atoms with Crippen LogP contribution in [0.5, 0.6) is 0 Å². The standard InChI is InChI=1S/C65H126O17P2/c1-5-9-13-17-20-23-26-28-29-30-32-34-37-40-44-48-52-65(70)82-61(56-76-63(68)50-46-42-38-36-33-31-27-24-21-18-14-10-6-2)58-80-84(73,74)78-54-59(66)53-77-83(71,72)79-57-60(55-75-62(67)49-45-41-16-12-8-4)81-64(69)51-47-43-39-35-25-22-19-15-11-7-3/h59-61,66H,5-58H2,1-4H3,(H,71,72)(H,73,74)/t59-,60+,61+/m0/s1. The topological polar surface area (TPSA) is 237 Å². The molecule has 0 aromatic heterocycles. The summed E-state index contributed by atoms with van der Waals surface area (Å²) in [5.41, 5.74) is 0. The van der Waals surface area contributed by atoms with Gasteiger partial charge in [0.25, 0.3) is 0 Å². The maximum Gasteiger partial charge on any atom is 0.472 e. The first-order valence-corrected chi connectivity index (χ1v) is 37.3. The second kappa shape index (κ2) is 60.0. The third kappa shape index (κ3) is 59.0. The summed E-state index contributed by atoms with van der Waals surface area (Å²) in [6.07, 6.45) is 46.1. The SMILES string of the molecule is CCCCCCCCCCCCCCCCCCC(=O)O[C@H](COC(=O)CCCCCCCCCCCCCCC)COP(=O)(O)OC[C@@H](O)COP(=O)(O)OC[C@@H](COC(=O)CCCCCCC)OC(=O)CCCCCCCCCCCC. The monoisotopic (exact) mass is 1240 g/mol. The number of hydrogen-bond acceptors (Lipinski definition) is 15. The molecule has 0 spiro atoms. The number of rotatable bonds is 66. The fourth-order valence-corrected chi connectivity index (χ4v) is 11.4. The van der Waals surface area contributed by atoms with Crippen LogP contribution in [0.25, 0.3) is 0 Å². The number of carbonyl (C=O) groups is 4. The number of carbonyl (C=O) groups excluding carboxylic acids is 4. The van der Waals surface area contributed by atoms with E-state index >= 15 is 0 Å². The van der Waals surface area contributed by atoms with Crippen LogP contribution in [-0.2, 0) is 65.4 Å². The van der Waals surface area contributed by atoms with Gasteiger partial charge in [0, 0.05) is 25.7 Å². The van der Waals surface area contributed by atoms with Crippen LogP contribution in [0.2, 0.25) is 0 Å². The van der Waals surface area contributed by atoms with Crippen molar-refractivity contribution in [2.24, 2.45) is 0 Å². The van der Waals surface area contributed by atoms with Gasteiger partial charge in [0.05, 0.1) is 26.4 Å². The van der Waals surface area contributed by atoms with Crippen LogP contribution >= 0.6 is 15.6 Å². The summed E-state index contributed by atoms with van der Waals surface area (Å²) in [6.45, 7) is 4.82. The highest BCUT2D eigenvalue weighted by molar-refractivity contribution is 7.47. The lowest BCUT2D eigenvalue weighted by Gasteiger charge is -2.21. The molecule has 498 valence electrons. The molecule has 0 saturated carbocycles. The van der Waals surface area contributed by atoms with Crippen molar-refractivity contribution in [3.05, 3.63) is 0 Å². The first-order chi connectivity index (χ1) is 40.7. The summed E-state index contributed by atoms with van der Waals surface area (Å²) >= 11 is 0. The lowest BCUT2D eigenvalue weighted by Crippen LogP contribution is -2.30. The van der Waals surface area contributed by atoms with E-state index in [2.05, 4.69) is 27.7 Å². The van der Waals surface area contributed by atoms with Gasteiger partial charge in [0.2, 0.25) is 0 Å². The van der Waals surface area contributed by atoms with Crippen molar-refractivity contribution in [3.8, 4) is 0 Å². The number of phosphoric acid groups is 2. The van der Waals surface area contributed by atoms with Crippen LogP contribution in [0.1, 0.15) is 336 Å². The van der Waals surface area contributed by atoms with E-state index in [-0.39, 0.29) is 25.7 Å². The maximum absolute atomic E-state index is 13.0. The zero-order valence-corrected chi connectivity index (χ0v) is 55.7. The minimum absolute atomic E-state index is 0.106. The molecule has 17 nitrogen and oxygen atoms in total. The second-order valence-corrected chi connectivity index (χ2v) is 26.4. The molecular weight excluding hydrogens is 1110 g/mol. The molecule has 2 unspecified atom stereocenters. The van der Waals surface area contributed by atoms with E-state index in [4.69, 9.17) is 37.0 Å². The Bertz CT molecular complexity index is 1620.